The number of nitrogens with two attached hydrogens (primary N) is 1. The molecule has 1 atom stereocenters. The third-order valence-corrected chi connectivity index (χ3v) is 4.41. The third kappa shape index (κ3) is 3.02. The van der Waals surface area contributed by atoms with E-state index in [1.807, 2.05) is 12.1 Å². The summed E-state index contributed by atoms with van der Waals surface area (Å²) in [5, 5.41) is 9.67. The summed E-state index contributed by atoms with van der Waals surface area (Å²) < 4.78 is 6.68. The molecule has 3 N–H and O–H groups in total. The summed E-state index contributed by atoms with van der Waals surface area (Å²) in [7, 11) is 0. The van der Waals surface area contributed by atoms with E-state index in [-0.39, 0.29) is 11.8 Å². The molecule has 0 radical (unpaired) electrons. The van der Waals surface area contributed by atoms with E-state index >= 15 is 0 Å². The summed E-state index contributed by atoms with van der Waals surface area (Å²) in [5.74, 6) is 0.667. The molecular weight excluding hydrogens is 350 g/mol. The number of benzene rings is 1. The van der Waals surface area contributed by atoms with Gasteiger partial charge < -0.3 is 15.6 Å². The fraction of sp³-hybridized carbons (Fsp3) is 0.500. The second kappa shape index (κ2) is 5.69. The summed E-state index contributed by atoms with van der Waals surface area (Å²) in [4.78, 5) is 0. The van der Waals surface area contributed by atoms with Crippen LogP contribution in [0.2, 0.25) is 0 Å². The normalized spacial score (nSPS) is 19.2. The van der Waals surface area contributed by atoms with E-state index in [0.717, 1.165) is 31.6 Å². The lowest BCUT2D eigenvalue weighted by molar-refractivity contribution is 0.0583. The molecule has 1 aliphatic rings. The predicted octanol–water partition coefficient (Wildman–Crippen LogP) is 3.34. The van der Waals surface area contributed by atoms with Gasteiger partial charge in [0.15, 0.2) is 0 Å². The maximum Gasteiger partial charge on any atom is 0.143 e. The number of ether oxygens (including phenoxy) is 1. The number of hydrogen-bond acceptors (Lipinski definition) is 3. The Morgan fingerprint density at radius 2 is 1.76 bits per heavy atom. The maximum atomic E-state index is 9.67. The summed E-state index contributed by atoms with van der Waals surface area (Å²) in [6.07, 6.45) is 1.99. The smallest absolute Gasteiger partial charge is 0.143 e. The molecule has 0 aliphatic carbocycles. The van der Waals surface area contributed by atoms with Crippen LogP contribution >= 0.6 is 31.9 Å². The van der Waals surface area contributed by atoms with Gasteiger partial charge in [0.25, 0.3) is 0 Å². The van der Waals surface area contributed by atoms with Gasteiger partial charge in [0.1, 0.15) is 5.75 Å². The highest BCUT2D eigenvalue weighted by Crippen LogP contribution is 2.37. The van der Waals surface area contributed by atoms with Gasteiger partial charge in [-0.15, -0.1) is 0 Å². The molecule has 1 aliphatic heterocycles. The Morgan fingerprint density at radius 1 is 1.24 bits per heavy atom. The van der Waals surface area contributed by atoms with Crippen LogP contribution in [-0.2, 0) is 4.74 Å². The van der Waals surface area contributed by atoms with Crippen LogP contribution in [-0.4, -0.2) is 18.3 Å². The lowest BCUT2D eigenvalue weighted by Gasteiger charge is -2.28. The molecule has 0 unspecified atom stereocenters. The first-order valence-electron chi connectivity index (χ1n) is 5.61. The van der Waals surface area contributed by atoms with Crippen molar-refractivity contribution in [3.63, 3.8) is 0 Å². The highest BCUT2D eigenvalue weighted by Gasteiger charge is 2.23. The number of halogens is 2. The quantitative estimate of drug-likeness (QED) is 0.846. The molecule has 0 amide bonds. The largest absolute Gasteiger partial charge is 0.506 e. The van der Waals surface area contributed by atoms with Gasteiger partial charge in [-0.25, -0.2) is 0 Å². The number of aromatic hydroxyl groups is 1. The van der Waals surface area contributed by atoms with Crippen molar-refractivity contribution < 1.29 is 9.84 Å². The van der Waals surface area contributed by atoms with Crippen LogP contribution in [0.5, 0.6) is 5.75 Å². The SMILES string of the molecule is N[C@@H](c1cc(Br)c(O)c(Br)c1)C1CCOCC1. The Balaban J connectivity index is 2.21. The molecule has 1 heterocycles. The molecule has 94 valence electrons. The van der Waals surface area contributed by atoms with Gasteiger partial charge in [-0.05, 0) is 68.3 Å². The van der Waals surface area contributed by atoms with Crippen molar-refractivity contribution >= 4 is 31.9 Å². The molecule has 5 heteroatoms. The van der Waals surface area contributed by atoms with Crippen LogP contribution in [0.4, 0.5) is 0 Å². The summed E-state index contributed by atoms with van der Waals surface area (Å²) >= 11 is 6.66. The topological polar surface area (TPSA) is 55.5 Å². The molecule has 3 nitrogen and oxygen atoms in total. The van der Waals surface area contributed by atoms with Gasteiger partial charge in [-0.3, -0.25) is 0 Å². The summed E-state index contributed by atoms with van der Waals surface area (Å²) in [6, 6.07) is 3.77. The Hall–Kier alpha value is -0.100. The van der Waals surface area contributed by atoms with Crippen LogP contribution < -0.4 is 5.73 Å². The van der Waals surface area contributed by atoms with Crippen molar-refractivity contribution in [2.45, 2.75) is 18.9 Å². The zero-order chi connectivity index (χ0) is 12.4. The average molecular weight is 365 g/mol. The fourth-order valence-corrected chi connectivity index (χ4v) is 3.35. The Kier molecular flexibility index (Phi) is 4.47. The van der Waals surface area contributed by atoms with Crippen molar-refractivity contribution in [2.75, 3.05) is 13.2 Å². The number of phenols is 1. The van der Waals surface area contributed by atoms with Crippen molar-refractivity contribution in [1.29, 1.82) is 0 Å². The Bertz CT molecular complexity index is 382. The zero-order valence-corrected chi connectivity index (χ0v) is 12.5. The second-order valence-corrected chi connectivity index (χ2v) is 6.02. The highest BCUT2D eigenvalue weighted by molar-refractivity contribution is 9.11. The maximum absolute atomic E-state index is 9.67. The Morgan fingerprint density at radius 3 is 2.29 bits per heavy atom. The van der Waals surface area contributed by atoms with Crippen LogP contribution in [0.3, 0.4) is 0 Å². The molecule has 1 saturated heterocycles. The van der Waals surface area contributed by atoms with E-state index < -0.39 is 0 Å². The van der Waals surface area contributed by atoms with E-state index in [0.29, 0.717) is 14.9 Å². The fourth-order valence-electron chi connectivity index (χ4n) is 2.12. The van der Waals surface area contributed by atoms with Crippen LogP contribution in [0.1, 0.15) is 24.4 Å². The number of rotatable bonds is 2. The van der Waals surface area contributed by atoms with Crippen molar-refractivity contribution in [3.05, 3.63) is 26.6 Å². The van der Waals surface area contributed by atoms with Gasteiger partial charge in [0.2, 0.25) is 0 Å². The van der Waals surface area contributed by atoms with E-state index in [1.54, 1.807) is 0 Å². The van der Waals surface area contributed by atoms with E-state index in [2.05, 4.69) is 31.9 Å². The van der Waals surface area contributed by atoms with Gasteiger partial charge in [-0.2, -0.15) is 0 Å². The van der Waals surface area contributed by atoms with E-state index in [1.165, 1.54) is 0 Å². The molecule has 0 bridgehead atoms. The Labute approximate surface area is 118 Å². The van der Waals surface area contributed by atoms with Crippen molar-refractivity contribution in [1.82, 2.24) is 0 Å². The van der Waals surface area contributed by atoms with E-state index in [4.69, 9.17) is 10.5 Å². The number of hydrogen-bond donors (Lipinski definition) is 2. The molecule has 17 heavy (non-hydrogen) atoms. The zero-order valence-electron chi connectivity index (χ0n) is 9.33. The summed E-state index contributed by atoms with van der Waals surface area (Å²) in [6.45, 7) is 1.58. The third-order valence-electron chi connectivity index (χ3n) is 3.20. The molecular formula is C12H15Br2NO2. The minimum absolute atomic E-state index is 0.00731. The first-order chi connectivity index (χ1) is 8.09. The van der Waals surface area contributed by atoms with Gasteiger partial charge in [0.05, 0.1) is 8.95 Å². The lowest BCUT2D eigenvalue weighted by atomic mass is 9.88. The molecule has 2 rings (SSSR count). The van der Waals surface area contributed by atoms with Gasteiger partial charge in [-0.1, -0.05) is 0 Å². The van der Waals surface area contributed by atoms with Crippen LogP contribution in [0, 0.1) is 5.92 Å². The molecule has 0 spiro atoms. The lowest BCUT2D eigenvalue weighted by Crippen LogP contribution is -2.27. The first kappa shape index (κ1) is 13.3. The standard InChI is InChI=1S/C12H15Br2NO2/c13-9-5-8(6-10(14)12(9)16)11(15)7-1-3-17-4-2-7/h5-7,11,16H,1-4,15H2/t11-/m1/s1. The van der Waals surface area contributed by atoms with E-state index in [9.17, 15) is 5.11 Å². The average Bonchev–Trinajstić information content (AvgIpc) is 2.35. The predicted molar refractivity (Wildman–Crippen MR) is 74.0 cm³/mol. The molecule has 1 fully saturated rings. The van der Waals surface area contributed by atoms with Crippen molar-refractivity contribution in [3.8, 4) is 5.75 Å². The molecule has 0 aromatic heterocycles. The summed E-state index contributed by atoms with van der Waals surface area (Å²) in [5.41, 5.74) is 7.31. The molecule has 1 aromatic rings. The van der Waals surface area contributed by atoms with Crippen LogP contribution in [0.25, 0.3) is 0 Å². The molecule has 1 aromatic carbocycles. The van der Waals surface area contributed by atoms with Crippen LogP contribution in [0.15, 0.2) is 21.1 Å². The van der Waals surface area contributed by atoms with Gasteiger partial charge >= 0.3 is 0 Å². The monoisotopic (exact) mass is 363 g/mol. The van der Waals surface area contributed by atoms with Crippen molar-refractivity contribution in [2.24, 2.45) is 11.7 Å². The second-order valence-electron chi connectivity index (χ2n) is 4.31. The first-order valence-corrected chi connectivity index (χ1v) is 7.19. The minimum atomic E-state index is -0.00731. The highest BCUT2D eigenvalue weighted by atomic mass is 79.9. The number of phenolic OH excluding ortho intramolecular Hbond substituents is 1. The van der Waals surface area contributed by atoms with Gasteiger partial charge in [0, 0.05) is 19.3 Å². The minimum Gasteiger partial charge on any atom is -0.506 e. The molecule has 0 saturated carbocycles.